The summed E-state index contributed by atoms with van der Waals surface area (Å²) in [5.41, 5.74) is 0.644. The molecular weight excluding hydrogens is 190 g/mol. The van der Waals surface area contributed by atoms with Crippen molar-refractivity contribution >= 4 is 11.6 Å². The molecule has 1 heterocycles. The van der Waals surface area contributed by atoms with Crippen molar-refractivity contribution in [2.45, 2.75) is 13.8 Å². The Kier molecular flexibility index (Phi) is 2.18. The molecule has 0 aliphatic carbocycles. The van der Waals surface area contributed by atoms with Crippen molar-refractivity contribution in [2.75, 3.05) is 18.6 Å². The lowest BCUT2D eigenvalue weighted by molar-refractivity contribution is -0.132. The molecule has 0 saturated carbocycles. The molecule has 1 aliphatic heterocycles. The number of benzene rings is 1. The van der Waals surface area contributed by atoms with Crippen LogP contribution in [-0.2, 0) is 4.79 Å². The molecule has 3 heteroatoms. The summed E-state index contributed by atoms with van der Waals surface area (Å²) in [6.45, 7) is 4.68. The van der Waals surface area contributed by atoms with Gasteiger partial charge in [0.05, 0.1) is 18.2 Å². The molecule has 1 aromatic carbocycles. The molecule has 1 fully saturated rings. The van der Waals surface area contributed by atoms with Gasteiger partial charge in [-0.15, -0.1) is 0 Å². The van der Waals surface area contributed by atoms with Gasteiger partial charge in [-0.2, -0.15) is 0 Å². The van der Waals surface area contributed by atoms with Crippen molar-refractivity contribution < 1.29 is 9.53 Å². The van der Waals surface area contributed by atoms with Gasteiger partial charge in [-0.05, 0) is 26.0 Å². The number of β-lactam (4-membered cyclic amide) rings is 1. The summed E-state index contributed by atoms with van der Waals surface area (Å²) < 4.78 is 5.22. The zero-order valence-corrected chi connectivity index (χ0v) is 9.28. The fraction of sp³-hybridized carbons (Fsp3) is 0.417. The van der Waals surface area contributed by atoms with Gasteiger partial charge in [-0.1, -0.05) is 12.1 Å². The van der Waals surface area contributed by atoms with E-state index in [1.165, 1.54) is 0 Å². The first-order valence-electron chi connectivity index (χ1n) is 5.01. The number of para-hydroxylation sites is 2. The maximum absolute atomic E-state index is 11.8. The smallest absolute Gasteiger partial charge is 0.234 e. The van der Waals surface area contributed by atoms with Gasteiger partial charge >= 0.3 is 0 Å². The molecule has 0 spiro atoms. The van der Waals surface area contributed by atoms with E-state index < -0.39 is 0 Å². The van der Waals surface area contributed by atoms with Crippen molar-refractivity contribution in [1.29, 1.82) is 0 Å². The lowest BCUT2D eigenvalue weighted by Gasteiger charge is -2.44. The predicted molar refractivity (Wildman–Crippen MR) is 59.1 cm³/mol. The zero-order chi connectivity index (χ0) is 11.1. The number of nitrogens with zero attached hydrogens (tertiary/aromatic N) is 1. The van der Waals surface area contributed by atoms with Crippen LogP contribution in [0.25, 0.3) is 0 Å². The second-order valence-electron chi connectivity index (χ2n) is 4.45. The largest absolute Gasteiger partial charge is 0.495 e. The standard InChI is InChI=1S/C12H15NO2/c1-12(2)8-13(11(12)14)9-6-4-5-7-10(9)15-3/h4-7H,8H2,1-3H3. The van der Waals surface area contributed by atoms with Gasteiger partial charge in [-0.25, -0.2) is 0 Å². The number of amides is 1. The van der Waals surface area contributed by atoms with Crippen LogP contribution in [0.4, 0.5) is 5.69 Å². The summed E-state index contributed by atoms with van der Waals surface area (Å²) >= 11 is 0. The first-order valence-corrected chi connectivity index (χ1v) is 5.01. The van der Waals surface area contributed by atoms with Crippen LogP contribution < -0.4 is 9.64 Å². The predicted octanol–water partition coefficient (Wildman–Crippen LogP) is 2.07. The summed E-state index contributed by atoms with van der Waals surface area (Å²) in [6, 6.07) is 7.59. The number of rotatable bonds is 2. The average Bonchev–Trinajstić information content (AvgIpc) is 2.25. The third-order valence-electron chi connectivity index (χ3n) is 2.75. The molecule has 15 heavy (non-hydrogen) atoms. The minimum atomic E-state index is -0.221. The van der Waals surface area contributed by atoms with E-state index in [4.69, 9.17) is 4.74 Å². The van der Waals surface area contributed by atoms with E-state index in [-0.39, 0.29) is 11.3 Å². The lowest BCUT2D eigenvalue weighted by atomic mass is 9.82. The second-order valence-corrected chi connectivity index (χ2v) is 4.45. The Bertz CT molecular complexity index is 398. The van der Waals surface area contributed by atoms with Gasteiger partial charge < -0.3 is 9.64 Å². The van der Waals surface area contributed by atoms with Gasteiger partial charge in [-0.3, -0.25) is 4.79 Å². The molecule has 0 bridgehead atoms. The second kappa shape index (κ2) is 3.26. The fourth-order valence-electron chi connectivity index (χ4n) is 1.86. The fourth-order valence-corrected chi connectivity index (χ4v) is 1.86. The van der Waals surface area contributed by atoms with Crippen molar-refractivity contribution in [3.05, 3.63) is 24.3 Å². The molecule has 0 aromatic heterocycles. The molecule has 1 aliphatic rings. The minimum Gasteiger partial charge on any atom is -0.495 e. The van der Waals surface area contributed by atoms with Crippen molar-refractivity contribution in [2.24, 2.45) is 5.41 Å². The SMILES string of the molecule is COc1ccccc1N1CC(C)(C)C1=O. The molecule has 0 radical (unpaired) electrons. The molecule has 0 atom stereocenters. The van der Waals surface area contributed by atoms with Crippen LogP contribution >= 0.6 is 0 Å². The van der Waals surface area contributed by atoms with Crippen LogP contribution in [-0.4, -0.2) is 19.6 Å². The van der Waals surface area contributed by atoms with E-state index in [0.29, 0.717) is 0 Å². The van der Waals surface area contributed by atoms with Crippen LogP contribution in [0.15, 0.2) is 24.3 Å². The Morgan fingerprint density at radius 1 is 1.33 bits per heavy atom. The Balaban J connectivity index is 2.29. The lowest BCUT2D eigenvalue weighted by Crippen LogP contribution is -2.58. The number of anilines is 1. The van der Waals surface area contributed by atoms with Crippen molar-refractivity contribution in [1.82, 2.24) is 0 Å². The Labute approximate surface area is 89.7 Å². The van der Waals surface area contributed by atoms with Crippen molar-refractivity contribution in [3.8, 4) is 5.75 Å². The van der Waals surface area contributed by atoms with Gasteiger partial charge in [0.25, 0.3) is 0 Å². The average molecular weight is 205 g/mol. The third kappa shape index (κ3) is 1.48. The number of carbonyl (C=O) groups excluding carboxylic acids is 1. The summed E-state index contributed by atoms with van der Waals surface area (Å²) in [7, 11) is 1.62. The molecule has 3 nitrogen and oxygen atoms in total. The minimum absolute atomic E-state index is 0.159. The van der Waals surface area contributed by atoms with Gasteiger partial charge in [0.1, 0.15) is 5.75 Å². The number of hydrogen-bond acceptors (Lipinski definition) is 2. The summed E-state index contributed by atoms with van der Waals surface area (Å²) in [5, 5.41) is 0. The number of ether oxygens (including phenoxy) is 1. The highest BCUT2D eigenvalue weighted by atomic mass is 16.5. The molecule has 0 N–H and O–H groups in total. The molecule has 0 unspecified atom stereocenters. The van der Waals surface area contributed by atoms with E-state index in [1.807, 2.05) is 38.1 Å². The summed E-state index contributed by atoms with van der Waals surface area (Å²) in [4.78, 5) is 13.6. The zero-order valence-electron chi connectivity index (χ0n) is 9.28. The molecule has 1 saturated heterocycles. The monoisotopic (exact) mass is 205 g/mol. The van der Waals surface area contributed by atoms with Crippen LogP contribution in [0, 0.1) is 5.41 Å². The van der Waals surface area contributed by atoms with E-state index in [2.05, 4.69) is 0 Å². The van der Waals surface area contributed by atoms with E-state index in [9.17, 15) is 4.79 Å². The normalized spacial score (nSPS) is 18.6. The third-order valence-corrected chi connectivity index (χ3v) is 2.75. The van der Waals surface area contributed by atoms with E-state index in [0.717, 1.165) is 18.0 Å². The van der Waals surface area contributed by atoms with Crippen LogP contribution in [0.2, 0.25) is 0 Å². The number of carbonyl (C=O) groups is 1. The van der Waals surface area contributed by atoms with Gasteiger partial charge in [0.15, 0.2) is 0 Å². The molecule has 1 amide bonds. The van der Waals surface area contributed by atoms with Crippen LogP contribution in [0.5, 0.6) is 5.75 Å². The van der Waals surface area contributed by atoms with E-state index in [1.54, 1.807) is 12.0 Å². The highest BCUT2D eigenvalue weighted by Gasteiger charge is 2.45. The number of hydrogen-bond donors (Lipinski definition) is 0. The molecule has 80 valence electrons. The molecule has 2 rings (SSSR count). The van der Waals surface area contributed by atoms with Crippen molar-refractivity contribution in [3.63, 3.8) is 0 Å². The topological polar surface area (TPSA) is 29.5 Å². The Morgan fingerprint density at radius 2 is 2.00 bits per heavy atom. The van der Waals surface area contributed by atoms with Gasteiger partial charge in [0.2, 0.25) is 5.91 Å². The van der Waals surface area contributed by atoms with Crippen LogP contribution in [0.1, 0.15) is 13.8 Å². The maximum Gasteiger partial charge on any atom is 0.234 e. The summed E-state index contributed by atoms with van der Waals surface area (Å²) in [6.07, 6.45) is 0. The van der Waals surface area contributed by atoms with E-state index >= 15 is 0 Å². The summed E-state index contributed by atoms with van der Waals surface area (Å²) in [5.74, 6) is 0.911. The number of methoxy groups -OCH3 is 1. The highest BCUT2D eigenvalue weighted by molar-refractivity contribution is 6.04. The first-order chi connectivity index (χ1) is 7.06. The van der Waals surface area contributed by atoms with Gasteiger partial charge in [0, 0.05) is 6.54 Å². The Hall–Kier alpha value is -1.51. The van der Waals surface area contributed by atoms with Crippen LogP contribution in [0.3, 0.4) is 0 Å². The first kappa shape index (κ1) is 10.0. The molecular formula is C12H15NO2. The Morgan fingerprint density at radius 3 is 2.53 bits per heavy atom. The highest BCUT2D eigenvalue weighted by Crippen LogP contribution is 2.39. The maximum atomic E-state index is 11.8. The molecule has 1 aromatic rings. The quantitative estimate of drug-likeness (QED) is 0.692.